The van der Waals surface area contributed by atoms with Gasteiger partial charge in [-0.3, -0.25) is 9.59 Å². The lowest BCUT2D eigenvalue weighted by atomic mass is 9.96. The van der Waals surface area contributed by atoms with Gasteiger partial charge < -0.3 is 15.4 Å². The van der Waals surface area contributed by atoms with E-state index in [1.54, 1.807) is 7.11 Å². The molecule has 2 N–H and O–H groups in total. The molecule has 122 valence electrons. The van der Waals surface area contributed by atoms with Gasteiger partial charge >= 0.3 is 0 Å². The number of nitrogens with one attached hydrogen (secondary N) is 2. The van der Waals surface area contributed by atoms with Crippen LogP contribution < -0.4 is 15.4 Å². The van der Waals surface area contributed by atoms with Crippen molar-refractivity contribution in [3.63, 3.8) is 0 Å². The SMILES string of the molecule is CCC(NC(=O)CNC(=O)C(C)(C)C)c1ccccc1OC. The van der Waals surface area contributed by atoms with Gasteiger partial charge in [0.15, 0.2) is 0 Å². The number of rotatable bonds is 6. The van der Waals surface area contributed by atoms with Crippen LogP contribution in [0.2, 0.25) is 0 Å². The van der Waals surface area contributed by atoms with Gasteiger partial charge in [-0.25, -0.2) is 0 Å². The monoisotopic (exact) mass is 306 g/mol. The summed E-state index contributed by atoms with van der Waals surface area (Å²) >= 11 is 0. The highest BCUT2D eigenvalue weighted by molar-refractivity contribution is 5.87. The average molecular weight is 306 g/mol. The van der Waals surface area contributed by atoms with Crippen LogP contribution in [0.3, 0.4) is 0 Å². The van der Waals surface area contributed by atoms with Crippen molar-refractivity contribution in [3.05, 3.63) is 29.8 Å². The standard InChI is InChI=1S/C17H26N2O3/c1-6-13(12-9-7-8-10-14(12)22-5)19-15(20)11-18-16(21)17(2,3)4/h7-10,13H,6,11H2,1-5H3,(H,18,21)(H,19,20). The van der Waals surface area contributed by atoms with Crippen molar-refractivity contribution >= 4 is 11.8 Å². The molecule has 0 aliphatic heterocycles. The first-order chi connectivity index (χ1) is 10.3. The largest absolute Gasteiger partial charge is 0.496 e. The van der Waals surface area contributed by atoms with Gasteiger partial charge in [0.05, 0.1) is 19.7 Å². The molecule has 1 unspecified atom stereocenters. The number of para-hydroxylation sites is 1. The highest BCUT2D eigenvalue weighted by Crippen LogP contribution is 2.26. The molecule has 0 saturated carbocycles. The van der Waals surface area contributed by atoms with E-state index in [-0.39, 0.29) is 24.4 Å². The number of hydrogen-bond donors (Lipinski definition) is 2. The van der Waals surface area contributed by atoms with Crippen LogP contribution in [0.4, 0.5) is 0 Å². The molecule has 0 aromatic heterocycles. The quantitative estimate of drug-likeness (QED) is 0.848. The predicted octanol–water partition coefficient (Wildman–Crippen LogP) is 2.42. The second kappa shape index (κ2) is 7.82. The topological polar surface area (TPSA) is 67.4 Å². The summed E-state index contributed by atoms with van der Waals surface area (Å²) in [5.74, 6) is 0.386. The number of carbonyl (C=O) groups excluding carboxylic acids is 2. The molecule has 1 aromatic carbocycles. The van der Waals surface area contributed by atoms with Gasteiger partial charge in [0, 0.05) is 11.0 Å². The fourth-order valence-corrected chi connectivity index (χ4v) is 2.03. The van der Waals surface area contributed by atoms with E-state index in [0.29, 0.717) is 0 Å². The molecule has 22 heavy (non-hydrogen) atoms. The van der Waals surface area contributed by atoms with Crippen LogP contribution in [0.15, 0.2) is 24.3 Å². The Balaban J connectivity index is 2.66. The number of methoxy groups -OCH3 is 1. The maximum absolute atomic E-state index is 12.1. The minimum Gasteiger partial charge on any atom is -0.496 e. The first-order valence-corrected chi connectivity index (χ1v) is 7.50. The van der Waals surface area contributed by atoms with Crippen LogP contribution in [-0.4, -0.2) is 25.5 Å². The molecule has 1 aromatic rings. The second-order valence-corrected chi connectivity index (χ2v) is 6.20. The number of carbonyl (C=O) groups is 2. The summed E-state index contributed by atoms with van der Waals surface area (Å²) < 4.78 is 5.33. The first kappa shape index (κ1) is 18.0. The van der Waals surface area contributed by atoms with Gasteiger partial charge in [-0.2, -0.15) is 0 Å². The van der Waals surface area contributed by atoms with Crippen molar-refractivity contribution in [1.29, 1.82) is 0 Å². The van der Waals surface area contributed by atoms with Gasteiger partial charge in [0.2, 0.25) is 11.8 Å². The lowest BCUT2D eigenvalue weighted by Gasteiger charge is -2.21. The van der Waals surface area contributed by atoms with Crippen molar-refractivity contribution in [2.75, 3.05) is 13.7 Å². The highest BCUT2D eigenvalue weighted by atomic mass is 16.5. The van der Waals surface area contributed by atoms with Crippen LogP contribution in [-0.2, 0) is 9.59 Å². The summed E-state index contributed by atoms with van der Waals surface area (Å²) in [7, 11) is 1.61. The van der Waals surface area contributed by atoms with Crippen molar-refractivity contribution in [2.24, 2.45) is 5.41 Å². The van der Waals surface area contributed by atoms with E-state index in [2.05, 4.69) is 10.6 Å². The van der Waals surface area contributed by atoms with E-state index >= 15 is 0 Å². The number of benzene rings is 1. The number of ether oxygens (including phenoxy) is 1. The third kappa shape index (κ3) is 5.06. The minimum atomic E-state index is -0.507. The molecule has 5 nitrogen and oxygen atoms in total. The van der Waals surface area contributed by atoms with Gasteiger partial charge in [0.25, 0.3) is 0 Å². The van der Waals surface area contributed by atoms with Crippen LogP contribution >= 0.6 is 0 Å². The Kier molecular flexibility index (Phi) is 6.40. The average Bonchev–Trinajstić information content (AvgIpc) is 2.49. The van der Waals surface area contributed by atoms with E-state index < -0.39 is 5.41 Å². The molecule has 0 aliphatic carbocycles. The highest BCUT2D eigenvalue weighted by Gasteiger charge is 2.22. The molecule has 0 heterocycles. The molecule has 1 rings (SSSR count). The molecule has 0 bridgehead atoms. The molecular weight excluding hydrogens is 280 g/mol. The number of hydrogen-bond acceptors (Lipinski definition) is 3. The molecule has 0 fully saturated rings. The lowest BCUT2D eigenvalue weighted by Crippen LogP contribution is -2.42. The summed E-state index contributed by atoms with van der Waals surface area (Å²) in [5.41, 5.74) is 0.426. The van der Waals surface area contributed by atoms with Crippen LogP contribution in [0.25, 0.3) is 0 Å². The van der Waals surface area contributed by atoms with Crippen molar-refractivity contribution in [3.8, 4) is 5.75 Å². The van der Waals surface area contributed by atoms with Crippen LogP contribution in [0.1, 0.15) is 45.7 Å². The molecule has 0 spiro atoms. The minimum absolute atomic E-state index is 0.0260. The van der Waals surface area contributed by atoms with Gasteiger partial charge in [0.1, 0.15) is 5.75 Å². The van der Waals surface area contributed by atoms with Crippen LogP contribution in [0, 0.1) is 5.41 Å². The zero-order valence-electron chi connectivity index (χ0n) is 14.0. The zero-order valence-corrected chi connectivity index (χ0v) is 14.0. The summed E-state index contributed by atoms with van der Waals surface area (Å²) in [5, 5.41) is 5.58. The Labute approximate surface area is 132 Å². The number of amides is 2. The molecule has 5 heteroatoms. The van der Waals surface area contributed by atoms with E-state index in [9.17, 15) is 9.59 Å². The Morgan fingerprint density at radius 2 is 1.86 bits per heavy atom. The van der Waals surface area contributed by atoms with E-state index in [1.807, 2.05) is 52.0 Å². The van der Waals surface area contributed by atoms with E-state index in [4.69, 9.17) is 4.74 Å². The zero-order chi connectivity index (χ0) is 16.8. The summed E-state index contributed by atoms with van der Waals surface area (Å²) in [4.78, 5) is 23.8. The van der Waals surface area contributed by atoms with E-state index in [0.717, 1.165) is 17.7 Å². The van der Waals surface area contributed by atoms with E-state index in [1.165, 1.54) is 0 Å². The van der Waals surface area contributed by atoms with Crippen LogP contribution in [0.5, 0.6) is 5.75 Å². The second-order valence-electron chi connectivity index (χ2n) is 6.20. The summed E-state index contributed by atoms with van der Waals surface area (Å²) in [6, 6.07) is 7.45. The Morgan fingerprint density at radius 3 is 2.41 bits per heavy atom. The van der Waals surface area contributed by atoms with Gasteiger partial charge in [-0.05, 0) is 12.5 Å². The van der Waals surface area contributed by atoms with Crippen molar-refractivity contribution < 1.29 is 14.3 Å². The summed E-state index contributed by atoms with van der Waals surface area (Å²) in [6.45, 7) is 7.39. The lowest BCUT2D eigenvalue weighted by molar-refractivity contribution is -0.131. The molecule has 0 radical (unpaired) electrons. The van der Waals surface area contributed by atoms with Gasteiger partial charge in [-0.1, -0.05) is 45.9 Å². The maximum Gasteiger partial charge on any atom is 0.239 e. The maximum atomic E-state index is 12.1. The molecule has 0 aliphatic rings. The Hall–Kier alpha value is -2.04. The molecule has 1 atom stereocenters. The summed E-state index contributed by atoms with van der Waals surface area (Å²) in [6.07, 6.45) is 0.735. The van der Waals surface area contributed by atoms with Crippen molar-refractivity contribution in [2.45, 2.75) is 40.2 Å². The van der Waals surface area contributed by atoms with Crippen molar-refractivity contribution in [1.82, 2.24) is 10.6 Å². The first-order valence-electron chi connectivity index (χ1n) is 7.50. The third-order valence-corrected chi connectivity index (χ3v) is 3.35. The smallest absolute Gasteiger partial charge is 0.239 e. The fourth-order valence-electron chi connectivity index (χ4n) is 2.03. The Morgan fingerprint density at radius 1 is 1.23 bits per heavy atom. The third-order valence-electron chi connectivity index (χ3n) is 3.35. The molecule has 0 saturated heterocycles. The van der Waals surface area contributed by atoms with Gasteiger partial charge in [-0.15, -0.1) is 0 Å². The molecule has 2 amide bonds. The fraction of sp³-hybridized carbons (Fsp3) is 0.529. The predicted molar refractivity (Wildman–Crippen MR) is 86.6 cm³/mol. The molecular formula is C17H26N2O3. The Bertz CT molecular complexity index is 521. The normalized spacial score (nSPS) is 12.4.